The zero-order chi connectivity index (χ0) is 18.7. The van der Waals surface area contributed by atoms with Gasteiger partial charge in [-0.3, -0.25) is 4.79 Å². The number of benzene rings is 1. The molecule has 0 radical (unpaired) electrons. The maximum Gasteiger partial charge on any atom is 0.307 e. The van der Waals surface area contributed by atoms with Crippen molar-refractivity contribution in [2.75, 3.05) is 0 Å². The van der Waals surface area contributed by atoms with Crippen molar-refractivity contribution in [1.29, 1.82) is 0 Å². The lowest BCUT2D eigenvalue weighted by Gasteiger charge is -2.35. The second kappa shape index (κ2) is 11.5. The van der Waals surface area contributed by atoms with Gasteiger partial charge in [0.2, 0.25) is 0 Å². The minimum absolute atomic E-state index is 0.230. The maximum atomic E-state index is 11.9. The van der Waals surface area contributed by atoms with E-state index in [1.165, 1.54) is 19.3 Å². The predicted molar refractivity (Wildman–Crippen MR) is 108 cm³/mol. The van der Waals surface area contributed by atoms with Gasteiger partial charge in [-0.05, 0) is 37.0 Å². The summed E-state index contributed by atoms with van der Waals surface area (Å²) in [4.78, 5) is 11.9. The molecule has 0 saturated carbocycles. The number of hydrogen-bond acceptors (Lipinski definition) is 3. The van der Waals surface area contributed by atoms with E-state index in [2.05, 4.69) is 13.8 Å². The fraction of sp³-hybridized carbons (Fsp3) is 0.667. The third kappa shape index (κ3) is 7.72. The smallest absolute Gasteiger partial charge is 0.307 e. The van der Waals surface area contributed by atoms with Gasteiger partial charge in [0.05, 0.1) is 5.92 Å². The van der Waals surface area contributed by atoms with Gasteiger partial charge in [0.15, 0.2) is 0 Å². The van der Waals surface area contributed by atoms with Crippen LogP contribution in [-0.4, -0.2) is 20.9 Å². The van der Waals surface area contributed by atoms with Crippen LogP contribution in [0.4, 0.5) is 0 Å². The SMILES string of the molecule is CCCCCCCC(S)(Cc1ccc(O)cc1)C(CCCC)C(=O)O. The van der Waals surface area contributed by atoms with Crippen molar-refractivity contribution < 1.29 is 15.0 Å². The van der Waals surface area contributed by atoms with Crippen molar-refractivity contribution in [2.24, 2.45) is 5.92 Å². The first-order valence-electron chi connectivity index (χ1n) is 9.66. The quantitative estimate of drug-likeness (QED) is 0.303. The van der Waals surface area contributed by atoms with Gasteiger partial charge in [0, 0.05) is 4.75 Å². The van der Waals surface area contributed by atoms with E-state index < -0.39 is 16.6 Å². The second-order valence-corrected chi connectivity index (χ2v) is 8.03. The molecular weight excluding hydrogens is 332 g/mol. The molecule has 0 fully saturated rings. The molecule has 0 saturated heterocycles. The van der Waals surface area contributed by atoms with Gasteiger partial charge in [-0.1, -0.05) is 70.9 Å². The summed E-state index contributed by atoms with van der Waals surface area (Å²) >= 11 is 4.94. The molecule has 2 N–H and O–H groups in total. The average molecular weight is 367 g/mol. The molecule has 142 valence electrons. The number of aromatic hydroxyl groups is 1. The summed E-state index contributed by atoms with van der Waals surface area (Å²) in [5.74, 6) is -0.958. The first kappa shape index (κ1) is 21.9. The van der Waals surface area contributed by atoms with Crippen LogP contribution in [0.5, 0.6) is 5.75 Å². The summed E-state index contributed by atoms with van der Waals surface area (Å²) < 4.78 is -0.551. The number of aliphatic carboxylic acids is 1. The molecule has 0 amide bonds. The van der Waals surface area contributed by atoms with Gasteiger partial charge < -0.3 is 10.2 Å². The Hall–Kier alpha value is -1.16. The fourth-order valence-corrected chi connectivity index (χ4v) is 4.00. The van der Waals surface area contributed by atoms with Crippen LogP contribution in [0.25, 0.3) is 0 Å². The second-order valence-electron chi connectivity index (χ2n) is 7.14. The molecule has 0 aliphatic rings. The number of hydrogen-bond donors (Lipinski definition) is 3. The average Bonchev–Trinajstić information content (AvgIpc) is 2.57. The Bertz CT molecular complexity index is 500. The summed E-state index contributed by atoms with van der Waals surface area (Å²) in [6, 6.07) is 7.06. The highest BCUT2D eigenvalue weighted by Crippen LogP contribution is 2.38. The molecule has 0 heterocycles. The molecular formula is C21H34O3S. The topological polar surface area (TPSA) is 57.5 Å². The Morgan fingerprint density at radius 1 is 1.04 bits per heavy atom. The Morgan fingerprint density at radius 2 is 1.64 bits per heavy atom. The highest BCUT2D eigenvalue weighted by atomic mass is 32.1. The zero-order valence-electron chi connectivity index (χ0n) is 15.7. The first-order chi connectivity index (χ1) is 11.9. The highest BCUT2D eigenvalue weighted by Gasteiger charge is 2.39. The van der Waals surface area contributed by atoms with E-state index >= 15 is 0 Å². The molecule has 25 heavy (non-hydrogen) atoms. The Kier molecular flexibility index (Phi) is 10.0. The zero-order valence-corrected chi connectivity index (χ0v) is 16.6. The fourth-order valence-electron chi connectivity index (χ4n) is 3.42. The summed E-state index contributed by atoms with van der Waals surface area (Å²) in [5, 5.41) is 19.3. The molecule has 0 spiro atoms. The van der Waals surface area contributed by atoms with Crippen LogP contribution in [0, 0.1) is 5.92 Å². The Labute approximate surface area is 158 Å². The van der Waals surface area contributed by atoms with E-state index in [0.717, 1.165) is 37.7 Å². The van der Waals surface area contributed by atoms with Crippen LogP contribution in [0.3, 0.4) is 0 Å². The van der Waals surface area contributed by atoms with E-state index in [1.807, 2.05) is 12.1 Å². The van der Waals surface area contributed by atoms with Crippen LogP contribution in [0.1, 0.15) is 77.2 Å². The number of carboxylic acid groups (broad SMARTS) is 1. The molecule has 0 aliphatic heterocycles. The molecule has 0 aromatic heterocycles. The van der Waals surface area contributed by atoms with Crippen LogP contribution in [0.2, 0.25) is 0 Å². The summed E-state index contributed by atoms with van der Waals surface area (Å²) in [5.41, 5.74) is 1.03. The van der Waals surface area contributed by atoms with E-state index in [0.29, 0.717) is 12.8 Å². The summed E-state index contributed by atoms with van der Waals surface area (Å²) in [7, 11) is 0. The van der Waals surface area contributed by atoms with E-state index in [1.54, 1.807) is 12.1 Å². The predicted octanol–water partition coefficient (Wildman–Crippen LogP) is 5.85. The van der Waals surface area contributed by atoms with E-state index in [-0.39, 0.29) is 5.75 Å². The lowest BCUT2D eigenvalue weighted by Crippen LogP contribution is -2.39. The molecule has 2 atom stereocenters. The van der Waals surface area contributed by atoms with E-state index in [9.17, 15) is 15.0 Å². The third-order valence-corrected chi connectivity index (χ3v) is 5.65. The Balaban J connectivity index is 2.88. The normalized spacial score (nSPS) is 14.8. The van der Waals surface area contributed by atoms with Crippen molar-refractivity contribution in [3.8, 4) is 5.75 Å². The molecule has 2 unspecified atom stereocenters. The minimum atomic E-state index is -0.740. The maximum absolute atomic E-state index is 11.9. The number of phenolic OH excluding ortho intramolecular Hbond substituents is 1. The van der Waals surface area contributed by atoms with Crippen molar-refractivity contribution in [3.63, 3.8) is 0 Å². The standard InChI is InChI=1S/C21H34O3S/c1-3-5-7-8-9-15-21(25,19(20(23)24)10-6-4-2)16-17-11-13-18(22)14-12-17/h11-14,19,22,25H,3-10,15-16H2,1-2H3,(H,23,24). The van der Waals surface area contributed by atoms with Crippen molar-refractivity contribution >= 4 is 18.6 Å². The monoisotopic (exact) mass is 366 g/mol. The van der Waals surface area contributed by atoms with Gasteiger partial charge >= 0.3 is 5.97 Å². The van der Waals surface area contributed by atoms with Crippen LogP contribution >= 0.6 is 12.6 Å². The van der Waals surface area contributed by atoms with Crippen LogP contribution in [-0.2, 0) is 11.2 Å². The van der Waals surface area contributed by atoms with Crippen molar-refractivity contribution in [2.45, 2.75) is 82.8 Å². The van der Waals surface area contributed by atoms with Crippen molar-refractivity contribution in [1.82, 2.24) is 0 Å². The molecule has 3 nitrogen and oxygen atoms in total. The number of thiol groups is 1. The number of phenols is 1. The summed E-state index contributed by atoms with van der Waals surface area (Å²) in [6.07, 6.45) is 9.77. The molecule has 1 rings (SSSR count). The van der Waals surface area contributed by atoms with Crippen LogP contribution in [0.15, 0.2) is 24.3 Å². The largest absolute Gasteiger partial charge is 0.508 e. The van der Waals surface area contributed by atoms with Crippen molar-refractivity contribution in [3.05, 3.63) is 29.8 Å². The molecule has 0 bridgehead atoms. The molecule has 4 heteroatoms. The molecule has 0 aliphatic carbocycles. The minimum Gasteiger partial charge on any atom is -0.508 e. The van der Waals surface area contributed by atoms with Crippen LogP contribution < -0.4 is 0 Å². The third-order valence-electron chi connectivity index (χ3n) is 4.95. The lowest BCUT2D eigenvalue weighted by molar-refractivity contribution is -0.143. The number of unbranched alkanes of at least 4 members (excludes halogenated alkanes) is 5. The van der Waals surface area contributed by atoms with Gasteiger partial charge in [-0.15, -0.1) is 0 Å². The Morgan fingerprint density at radius 3 is 2.20 bits per heavy atom. The van der Waals surface area contributed by atoms with Gasteiger partial charge in [-0.25, -0.2) is 0 Å². The first-order valence-corrected chi connectivity index (χ1v) is 10.1. The van der Waals surface area contributed by atoms with E-state index in [4.69, 9.17) is 12.6 Å². The van der Waals surface area contributed by atoms with Gasteiger partial charge in [-0.2, -0.15) is 12.6 Å². The highest BCUT2D eigenvalue weighted by molar-refractivity contribution is 7.81. The lowest BCUT2D eigenvalue weighted by atomic mass is 9.79. The summed E-state index contributed by atoms with van der Waals surface area (Å²) in [6.45, 7) is 4.28. The molecule has 1 aromatic carbocycles. The molecule has 1 aromatic rings. The van der Waals surface area contributed by atoms with Gasteiger partial charge in [0.25, 0.3) is 0 Å². The number of carbonyl (C=O) groups is 1. The van der Waals surface area contributed by atoms with Gasteiger partial charge in [0.1, 0.15) is 5.75 Å². The number of rotatable bonds is 13. The number of carboxylic acids is 1.